The molecule has 0 aliphatic heterocycles. The van der Waals surface area contributed by atoms with Gasteiger partial charge in [-0.15, -0.1) is 4.72 Å². The summed E-state index contributed by atoms with van der Waals surface area (Å²) in [6.45, 7) is 11.6. The summed E-state index contributed by atoms with van der Waals surface area (Å²) in [7, 11) is 0. The lowest BCUT2D eigenvalue weighted by Crippen LogP contribution is -2.40. The zero-order chi connectivity index (χ0) is 21.2. The molecule has 1 unspecified atom stereocenters. The van der Waals surface area contributed by atoms with Gasteiger partial charge >= 0.3 is 6.09 Å². The number of rotatable bonds is 5. The molecular weight excluding hydrogens is 381 g/mol. The Bertz CT molecular complexity index is 673. The molecule has 0 saturated heterocycles. The second-order valence-corrected chi connectivity index (χ2v) is 10.1. The number of alkyl halides is 2. The van der Waals surface area contributed by atoms with E-state index in [9.17, 15) is 22.5 Å². The van der Waals surface area contributed by atoms with Crippen LogP contribution in [0.25, 0.3) is 0 Å². The average molecular weight is 408 g/mol. The van der Waals surface area contributed by atoms with Gasteiger partial charge in [-0.3, -0.25) is 5.32 Å². The number of halogens is 3. The smallest absolute Gasteiger partial charge is 0.412 e. The maximum atomic E-state index is 14.5. The van der Waals surface area contributed by atoms with Crippen LogP contribution in [0.2, 0.25) is 0 Å². The molecule has 9 heteroatoms. The molecule has 0 heterocycles. The predicted octanol–water partition coefficient (Wildman–Crippen LogP) is 5.22. The van der Waals surface area contributed by atoms with E-state index in [2.05, 4.69) is 10.0 Å². The fraction of sp³-hybridized carbons (Fsp3) is 0.611. The quantitative estimate of drug-likeness (QED) is 0.655. The van der Waals surface area contributed by atoms with Gasteiger partial charge in [-0.05, 0) is 60.6 Å². The van der Waals surface area contributed by atoms with Gasteiger partial charge in [-0.1, -0.05) is 0 Å². The molecule has 0 aromatic heterocycles. The van der Waals surface area contributed by atoms with Gasteiger partial charge in [-0.25, -0.2) is 18.0 Å². The second-order valence-electron chi connectivity index (χ2n) is 8.12. The molecule has 5 nitrogen and oxygen atoms in total. The van der Waals surface area contributed by atoms with Gasteiger partial charge in [0.15, 0.2) is 0 Å². The Morgan fingerprint density at radius 3 is 2.11 bits per heavy atom. The van der Waals surface area contributed by atoms with E-state index >= 15 is 0 Å². The summed E-state index contributed by atoms with van der Waals surface area (Å²) >= 11 is -1.54. The number of ether oxygens (including phenoxy) is 1. The fourth-order valence-corrected chi connectivity index (χ4v) is 2.84. The minimum atomic E-state index is -3.08. The summed E-state index contributed by atoms with van der Waals surface area (Å²) in [4.78, 5) is 11.9. The van der Waals surface area contributed by atoms with E-state index < -0.39 is 51.7 Å². The largest absolute Gasteiger partial charge is 0.598 e. The van der Waals surface area contributed by atoms with Gasteiger partial charge in [0, 0.05) is 22.6 Å². The highest BCUT2D eigenvalue weighted by Gasteiger charge is 2.30. The van der Waals surface area contributed by atoms with E-state index in [1.807, 2.05) is 0 Å². The van der Waals surface area contributed by atoms with Crippen LogP contribution >= 0.6 is 0 Å². The van der Waals surface area contributed by atoms with Crippen molar-refractivity contribution >= 4 is 23.1 Å². The van der Waals surface area contributed by atoms with Crippen LogP contribution in [0.3, 0.4) is 0 Å². The van der Waals surface area contributed by atoms with E-state index in [0.29, 0.717) is 0 Å². The van der Waals surface area contributed by atoms with Crippen LogP contribution in [0.5, 0.6) is 0 Å². The molecule has 1 rings (SSSR count). The van der Waals surface area contributed by atoms with Crippen molar-refractivity contribution in [3.05, 3.63) is 29.1 Å². The topological polar surface area (TPSA) is 73.4 Å². The van der Waals surface area contributed by atoms with Crippen molar-refractivity contribution in [1.82, 2.24) is 4.72 Å². The van der Waals surface area contributed by atoms with Gasteiger partial charge < -0.3 is 9.29 Å². The minimum absolute atomic E-state index is 0.0360. The number of anilines is 1. The van der Waals surface area contributed by atoms with E-state index in [1.54, 1.807) is 41.5 Å². The SMILES string of the molecule is C[C@@H](N[S+]([O-])C(C)(C)C)c1cc(NC(=O)OC(C)(C)C)cc(C(F)F)c1F. The fourth-order valence-electron chi connectivity index (χ4n) is 2.04. The number of hydrogen-bond donors (Lipinski definition) is 2. The maximum absolute atomic E-state index is 14.5. The molecule has 0 saturated carbocycles. The highest BCUT2D eigenvalue weighted by Crippen LogP contribution is 2.32. The molecule has 0 aliphatic carbocycles. The zero-order valence-electron chi connectivity index (χ0n) is 16.6. The highest BCUT2D eigenvalue weighted by molar-refractivity contribution is 7.90. The van der Waals surface area contributed by atoms with Crippen molar-refractivity contribution in [3.8, 4) is 0 Å². The third-order valence-electron chi connectivity index (χ3n) is 3.32. The molecule has 0 fully saturated rings. The monoisotopic (exact) mass is 408 g/mol. The van der Waals surface area contributed by atoms with E-state index in [0.717, 1.165) is 6.07 Å². The normalized spacial score (nSPS) is 14.8. The average Bonchev–Trinajstić information content (AvgIpc) is 2.45. The third kappa shape index (κ3) is 7.23. The van der Waals surface area contributed by atoms with E-state index in [4.69, 9.17) is 4.74 Å². The summed E-state index contributed by atoms with van der Waals surface area (Å²) in [5.74, 6) is -1.11. The van der Waals surface area contributed by atoms with Crippen molar-refractivity contribution in [3.63, 3.8) is 0 Å². The van der Waals surface area contributed by atoms with Crippen molar-refractivity contribution in [2.45, 2.75) is 71.3 Å². The molecule has 1 amide bonds. The summed E-state index contributed by atoms with van der Waals surface area (Å²) < 4.78 is 60.4. The Morgan fingerprint density at radius 1 is 1.15 bits per heavy atom. The highest BCUT2D eigenvalue weighted by atomic mass is 32.2. The number of benzene rings is 1. The third-order valence-corrected chi connectivity index (χ3v) is 5.00. The molecular formula is C18H27F3N2O3S. The Balaban J connectivity index is 3.20. The molecule has 0 bridgehead atoms. The molecule has 2 atom stereocenters. The summed E-state index contributed by atoms with van der Waals surface area (Å²) in [5, 5.41) is 2.33. The van der Waals surface area contributed by atoms with Gasteiger partial charge in [0.1, 0.15) is 16.2 Å². The lowest BCUT2D eigenvalue weighted by molar-refractivity contribution is 0.0635. The first-order valence-corrected chi connectivity index (χ1v) is 9.56. The molecule has 1 aromatic carbocycles. The first kappa shape index (κ1) is 23.6. The number of hydrogen-bond acceptors (Lipinski definition) is 4. The molecule has 154 valence electrons. The number of amides is 1. The van der Waals surface area contributed by atoms with Crippen LogP contribution in [0.1, 0.15) is 72.1 Å². The molecule has 0 radical (unpaired) electrons. The van der Waals surface area contributed by atoms with Gasteiger partial charge in [0.25, 0.3) is 6.43 Å². The van der Waals surface area contributed by atoms with Gasteiger partial charge in [0.05, 0.1) is 11.6 Å². The van der Waals surface area contributed by atoms with Crippen LogP contribution in [-0.2, 0) is 16.1 Å². The molecule has 0 spiro atoms. The van der Waals surface area contributed by atoms with Gasteiger partial charge in [0.2, 0.25) is 0 Å². The van der Waals surface area contributed by atoms with Crippen molar-refractivity contribution in [1.29, 1.82) is 0 Å². The maximum Gasteiger partial charge on any atom is 0.412 e. The second kappa shape index (κ2) is 8.70. The van der Waals surface area contributed by atoms with Crippen molar-refractivity contribution in [2.24, 2.45) is 0 Å². The first-order valence-electron chi connectivity index (χ1n) is 8.41. The van der Waals surface area contributed by atoms with Crippen molar-refractivity contribution in [2.75, 3.05) is 5.32 Å². The number of carbonyl (C=O) groups is 1. The Kier molecular flexibility index (Phi) is 7.60. The summed E-state index contributed by atoms with van der Waals surface area (Å²) in [6, 6.07) is 1.26. The Morgan fingerprint density at radius 2 is 1.67 bits per heavy atom. The van der Waals surface area contributed by atoms with Crippen molar-refractivity contribution < 1.29 is 27.3 Å². The summed E-state index contributed by atoms with van der Waals surface area (Å²) in [5.41, 5.74) is -1.80. The zero-order valence-corrected chi connectivity index (χ0v) is 17.4. The molecule has 2 N–H and O–H groups in total. The van der Waals surface area contributed by atoms with Crippen LogP contribution < -0.4 is 10.0 Å². The van der Waals surface area contributed by atoms with Crippen LogP contribution in [0.15, 0.2) is 12.1 Å². The number of carbonyl (C=O) groups excluding carboxylic acids is 1. The van der Waals surface area contributed by atoms with Crippen LogP contribution in [0, 0.1) is 5.82 Å². The molecule has 0 aliphatic rings. The minimum Gasteiger partial charge on any atom is -0.598 e. The van der Waals surface area contributed by atoms with E-state index in [-0.39, 0.29) is 11.3 Å². The lowest BCUT2D eigenvalue weighted by atomic mass is 10.0. The predicted molar refractivity (Wildman–Crippen MR) is 101 cm³/mol. The molecule has 1 aromatic rings. The van der Waals surface area contributed by atoms with Gasteiger partial charge in [-0.2, -0.15) is 0 Å². The molecule has 27 heavy (non-hydrogen) atoms. The lowest BCUT2D eigenvalue weighted by Gasteiger charge is -2.27. The van der Waals surface area contributed by atoms with E-state index in [1.165, 1.54) is 13.0 Å². The van der Waals surface area contributed by atoms with Crippen LogP contribution in [-0.4, -0.2) is 21.0 Å². The standard InChI is InChI=1S/C18H27F3N2O3S/c1-10(23-27(25)18(5,6)7)12-8-11(9-13(14(12)19)15(20)21)22-16(24)26-17(2,3)4/h8-10,15,23H,1-7H3,(H,22,24)/t10-,27?/m1/s1. The van der Waals surface area contributed by atoms with Crippen LogP contribution in [0.4, 0.5) is 23.7 Å². The first-order chi connectivity index (χ1) is 12.1. The Labute approximate surface area is 161 Å². The summed E-state index contributed by atoms with van der Waals surface area (Å²) in [6.07, 6.45) is -3.93. The Hall–Kier alpha value is -1.45. The number of nitrogens with one attached hydrogen (secondary N) is 2.